The Morgan fingerprint density at radius 2 is 1.77 bits per heavy atom. The average molecular weight is 473 g/mol. The third-order valence-electron chi connectivity index (χ3n) is 3.87. The Kier molecular flexibility index (Phi) is 9.57. The second-order valence-electron chi connectivity index (χ2n) is 5.71. The van der Waals surface area contributed by atoms with Crippen molar-refractivity contribution in [3.05, 3.63) is 59.2 Å². The summed E-state index contributed by atoms with van der Waals surface area (Å²) in [7, 11) is 1.66. The first-order valence-electron chi connectivity index (χ1n) is 10.2. The number of anilines is 5. The van der Waals surface area contributed by atoms with E-state index in [0.29, 0.717) is 19.2 Å². The molecule has 1 aliphatic rings. The predicted molar refractivity (Wildman–Crippen MR) is 128 cm³/mol. The van der Waals surface area contributed by atoms with Crippen LogP contribution in [0.3, 0.4) is 0 Å². The molecule has 0 saturated carbocycles. The van der Waals surface area contributed by atoms with Crippen LogP contribution in [0.4, 0.5) is 28.8 Å². The molecule has 1 aromatic heterocycles. The van der Waals surface area contributed by atoms with Gasteiger partial charge in [-0.1, -0.05) is 55.8 Å². The Bertz CT molecular complexity index is 937. The number of nitrogens with one attached hydrogen (secondary N) is 1. The highest BCUT2D eigenvalue weighted by molar-refractivity contribution is 9.10. The first kappa shape index (κ1) is 23.6. The van der Waals surface area contributed by atoms with Gasteiger partial charge in [-0.3, -0.25) is 4.90 Å². The molecule has 0 unspecified atom stereocenters. The number of nitrogens with zero attached hydrogens (tertiary/aromatic N) is 3. The fraction of sp³-hybridized carbons (Fsp3) is 0.304. The Morgan fingerprint density at radius 1 is 1.00 bits per heavy atom. The van der Waals surface area contributed by atoms with E-state index in [4.69, 9.17) is 9.47 Å². The molecular formula is C23H29BrN4O2. The molecule has 0 fully saturated rings. The molecule has 30 heavy (non-hydrogen) atoms. The number of halogens is 1. The van der Waals surface area contributed by atoms with Crippen LogP contribution in [0.5, 0.6) is 5.75 Å². The van der Waals surface area contributed by atoms with Crippen molar-refractivity contribution in [1.82, 2.24) is 9.97 Å². The molecular weight excluding hydrogens is 444 g/mol. The zero-order chi connectivity index (χ0) is 21.9. The summed E-state index contributed by atoms with van der Waals surface area (Å²) < 4.78 is 11.7. The van der Waals surface area contributed by atoms with Crippen molar-refractivity contribution in [2.75, 3.05) is 30.5 Å². The predicted octanol–water partition coefficient (Wildman–Crippen LogP) is 6.84. The lowest BCUT2D eigenvalue weighted by molar-refractivity contribution is 0.146. The Balaban J connectivity index is 0.000000757. The average Bonchev–Trinajstić information content (AvgIpc) is 3.50. The maximum absolute atomic E-state index is 5.67. The molecule has 6 nitrogen and oxygen atoms in total. The van der Waals surface area contributed by atoms with E-state index in [2.05, 4.69) is 31.2 Å². The molecule has 0 aliphatic carbocycles. The highest BCUT2D eigenvalue weighted by Gasteiger charge is 2.34. The van der Waals surface area contributed by atoms with Crippen LogP contribution >= 0.6 is 15.9 Å². The van der Waals surface area contributed by atoms with Crippen LogP contribution in [0, 0.1) is 0 Å². The monoisotopic (exact) mass is 472 g/mol. The van der Waals surface area contributed by atoms with Gasteiger partial charge < -0.3 is 14.8 Å². The highest BCUT2D eigenvalue weighted by atomic mass is 79.9. The van der Waals surface area contributed by atoms with E-state index < -0.39 is 0 Å². The maximum atomic E-state index is 5.67. The number of hydrogen-bond donors (Lipinski definition) is 1. The van der Waals surface area contributed by atoms with Crippen LogP contribution in [0.1, 0.15) is 27.7 Å². The molecule has 0 bridgehead atoms. The maximum Gasteiger partial charge on any atom is 0.229 e. The molecule has 2 heterocycles. The van der Waals surface area contributed by atoms with Gasteiger partial charge in [0.15, 0.2) is 5.82 Å². The van der Waals surface area contributed by atoms with Gasteiger partial charge in [-0.2, -0.15) is 4.98 Å². The standard InChI is InChI=1S/C19H17BrN4O2.2C2H6/c1-25-8-9-26-16-7-3-6-15(11-16)24-17-12-21-19(23-18(17)24)22-14-5-2-4-13(20)10-14;2*1-2/h2-7,10-12H,8-9H2,1H3,(H,21,22,23);2*1-2H3. The van der Waals surface area contributed by atoms with Crippen LogP contribution in [0.2, 0.25) is 0 Å². The van der Waals surface area contributed by atoms with Gasteiger partial charge >= 0.3 is 0 Å². The lowest BCUT2D eigenvalue weighted by Crippen LogP contribution is -2.04. The van der Waals surface area contributed by atoms with Gasteiger partial charge in [0.25, 0.3) is 0 Å². The highest BCUT2D eigenvalue weighted by Crippen LogP contribution is 2.52. The van der Waals surface area contributed by atoms with Crippen molar-refractivity contribution in [3.63, 3.8) is 0 Å². The number of rotatable bonds is 7. The van der Waals surface area contributed by atoms with E-state index >= 15 is 0 Å². The van der Waals surface area contributed by atoms with Crippen LogP contribution in [-0.2, 0) is 4.74 Å². The molecule has 0 amide bonds. The molecule has 7 heteroatoms. The first-order valence-corrected chi connectivity index (χ1v) is 11.0. The summed E-state index contributed by atoms with van der Waals surface area (Å²) in [6.45, 7) is 9.08. The Morgan fingerprint density at radius 3 is 2.50 bits per heavy atom. The van der Waals surface area contributed by atoms with E-state index in [9.17, 15) is 0 Å². The lowest BCUT2D eigenvalue weighted by Gasteiger charge is -2.08. The zero-order valence-corrected chi connectivity index (χ0v) is 19.7. The number of methoxy groups -OCH3 is 1. The molecule has 1 aliphatic heterocycles. The normalized spacial score (nSPS) is 10.7. The largest absolute Gasteiger partial charge is 0.491 e. The fourth-order valence-electron chi connectivity index (χ4n) is 2.61. The minimum Gasteiger partial charge on any atom is -0.491 e. The molecule has 0 saturated heterocycles. The fourth-order valence-corrected chi connectivity index (χ4v) is 3.01. The van der Waals surface area contributed by atoms with E-state index in [1.807, 2.05) is 87.3 Å². The van der Waals surface area contributed by atoms with Crippen LogP contribution < -0.4 is 15.0 Å². The molecule has 1 N–H and O–H groups in total. The minimum atomic E-state index is 0.521. The number of ether oxygens (including phenoxy) is 2. The third kappa shape index (κ3) is 6.18. The van der Waals surface area contributed by atoms with E-state index in [1.54, 1.807) is 7.11 Å². The van der Waals surface area contributed by atoms with Crippen molar-refractivity contribution < 1.29 is 9.47 Å². The molecule has 160 valence electrons. The van der Waals surface area contributed by atoms with Gasteiger partial charge in [0, 0.05) is 23.3 Å². The van der Waals surface area contributed by atoms with Crippen molar-refractivity contribution in [3.8, 4) is 5.75 Å². The third-order valence-corrected chi connectivity index (χ3v) is 4.36. The van der Waals surface area contributed by atoms with Gasteiger partial charge in [0.2, 0.25) is 5.95 Å². The molecule has 3 aromatic rings. The summed E-state index contributed by atoms with van der Waals surface area (Å²) >= 11 is 3.46. The topological polar surface area (TPSA) is 59.3 Å². The number of benzene rings is 2. The molecule has 2 aromatic carbocycles. The molecule has 0 radical (unpaired) electrons. The van der Waals surface area contributed by atoms with Gasteiger partial charge in [-0.15, -0.1) is 0 Å². The summed E-state index contributed by atoms with van der Waals surface area (Å²) in [6, 6.07) is 15.8. The SMILES string of the molecule is CC.CC.COCCOc1cccc(N2c3cnc(Nc4cccc(Br)c4)nc32)c1. The number of fused-ring (bicyclic) bond motifs is 1. The molecule has 4 rings (SSSR count). The van der Waals surface area contributed by atoms with Gasteiger partial charge in [0.1, 0.15) is 18.0 Å². The quantitative estimate of drug-likeness (QED) is 0.234. The number of aromatic nitrogens is 2. The van der Waals surface area contributed by atoms with Crippen molar-refractivity contribution >= 4 is 44.8 Å². The molecule has 0 atom stereocenters. The Hall–Kier alpha value is -2.64. The summed E-state index contributed by atoms with van der Waals surface area (Å²) in [5, 5.41) is 3.22. The van der Waals surface area contributed by atoms with Gasteiger partial charge in [-0.25, -0.2) is 4.98 Å². The Labute approximate surface area is 187 Å². The van der Waals surface area contributed by atoms with E-state index in [0.717, 1.165) is 33.1 Å². The summed E-state index contributed by atoms with van der Waals surface area (Å²) in [5.74, 6) is 2.26. The summed E-state index contributed by atoms with van der Waals surface area (Å²) in [5.41, 5.74) is 2.93. The lowest BCUT2D eigenvalue weighted by atomic mass is 10.3. The molecule has 0 spiro atoms. The summed E-state index contributed by atoms with van der Waals surface area (Å²) in [6.07, 6.45) is 1.82. The van der Waals surface area contributed by atoms with Gasteiger partial charge in [0.05, 0.1) is 18.5 Å². The van der Waals surface area contributed by atoms with E-state index in [1.165, 1.54) is 0 Å². The van der Waals surface area contributed by atoms with Crippen LogP contribution in [0.15, 0.2) is 59.2 Å². The van der Waals surface area contributed by atoms with Crippen molar-refractivity contribution in [1.29, 1.82) is 0 Å². The second-order valence-corrected chi connectivity index (χ2v) is 6.63. The second kappa shape index (κ2) is 12.1. The van der Waals surface area contributed by atoms with Crippen LogP contribution in [-0.4, -0.2) is 30.3 Å². The minimum absolute atomic E-state index is 0.521. The zero-order valence-electron chi connectivity index (χ0n) is 18.1. The van der Waals surface area contributed by atoms with Crippen molar-refractivity contribution in [2.45, 2.75) is 27.7 Å². The smallest absolute Gasteiger partial charge is 0.229 e. The summed E-state index contributed by atoms with van der Waals surface area (Å²) in [4.78, 5) is 11.0. The van der Waals surface area contributed by atoms with Crippen LogP contribution in [0.25, 0.3) is 0 Å². The van der Waals surface area contributed by atoms with Crippen molar-refractivity contribution in [2.24, 2.45) is 0 Å². The first-order chi connectivity index (χ1) is 14.7. The van der Waals surface area contributed by atoms with E-state index in [-0.39, 0.29) is 0 Å². The van der Waals surface area contributed by atoms with Gasteiger partial charge in [-0.05, 0) is 30.3 Å². The number of hydrogen-bond acceptors (Lipinski definition) is 6.